The van der Waals surface area contributed by atoms with Crippen molar-refractivity contribution in [2.45, 2.75) is 13.0 Å². The second-order valence-corrected chi connectivity index (χ2v) is 5.35. The first kappa shape index (κ1) is 17.0. The van der Waals surface area contributed by atoms with E-state index in [9.17, 15) is 4.39 Å². The molecule has 0 saturated heterocycles. The molecule has 23 heavy (non-hydrogen) atoms. The van der Waals surface area contributed by atoms with Gasteiger partial charge in [-0.25, -0.2) is 4.39 Å². The zero-order valence-corrected chi connectivity index (χ0v) is 14.0. The fraction of sp³-hybridized carbons (Fsp3) is 0.235. The second kappa shape index (κ2) is 7.78. The molecule has 0 amide bonds. The summed E-state index contributed by atoms with van der Waals surface area (Å²) in [5.74, 6) is 1.01. The van der Waals surface area contributed by atoms with E-state index in [1.165, 1.54) is 12.1 Å². The van der Waals surface area contributed by atoms with Crippen LogP contribution in [0.3, 0.4) is 0 Å². The van der Waals surface area contributed by atoms with Gasteiger partial charge in [0.15, 0.2) is 16.6 Å². The zero-order chi connectivity index (χ0) is 16.8. The maximum Gasteiger partial charge on any atom is 0.171 e. The molecular weight excluding hydrogens is 315 g/mol. The number of nitrogens with one attached hydrogen (secondary N) is 2. The van der Waals surface area contributed by atoms with Crippen molar-refractivity contribution in [1.82, 2.24) is 5.32 Å². The standard InChI is InChI=1S/C17H19FN2O2S/c1-11(12-4-6-13(18)7-5-12)19-17(23)20-14-8-9-15(21-2)16(10-14)22-3/h4-11H,1-3H3,(H2,19,20,23)/t11-/m1/s1. The molecule has 0 saturated carbocycles. The van der Waals surface area contributed by atoms with Crippen molar-refractivity contribution in [2.75, 3.05) is 19.5 Å². The van der Waals surface area contributed by atoms with Gasteiger partial charge in [0.2, 0.25) is 0 Å². The van der Waals surface area contributed by atoms with E-state index in [1.54, 1.807) is 38.5 Å². The molecule has 2 N–H and O–H groups in total. The summed E-state index contributed by atoms with van der Waals surface area (Å²) in [5.41, 5.74) is 1.73. The van der Waals surface area contributed by atoms with Gasteiger partial charge in [0, 0.05) is 11.8 Å². The Labute approximate surface area is 140 Å². The van der Waals surface area contributed by atoms with Crippen LogP contribution in [-0.4, -0.2) is 19.3 Å². The van der Waals surface area contributed by atoms with Crippen LogP contribution < -0.4 is 20.1 Å². The first-order valence-corrected chi connectivity index (χ1v) is 7.49. The first-order chi connectivity index (χ1) is 11.0. The number of anilines is 1. The molecule has 4 nitrogen and oxygen atoms in total. The van der Waals surface area contributed by atoms with E-state index in [1.807, 2.05) is 13.0 Å². The topological polar surface area (TPSA) is 42.5 Å². The van der Waals surface area contributed by atoms with Crippen molar-refractivity contribution < 1.29 is 13.9 Å². The Morgan fingerprint density at radius 3 is 2.30 bits per heavy atom. The molecular formula is C17H19FN2O2S. The van der Waals surface area contributed by atoms with Gasteiger partial charge in [-0.15, -0.1) is 0 Å². The minimum Gasteiger partial charge on any atom is -0.493 e. The van der Waals surface area contributed by atoms with E-state index in [2.05, 4.69) is 10.6 Å². The first-order valence-electron chi connectivity index (χ1n) is 7.08. The molecule has 0 aliphatic heterocycles. The number of methoxy groups -OCH3 is 2. The molecule has 0 bridgehead atoms. The van der Waals surface area contributed by atoms with Crippen molar-refractivity contribution in [1.29, 1.82) is 0 Å². The predicted molar refractivity (Wildman–Crippen MR) is 93.7 cm³/mol. The van der Waals surface area contributed by atoms with Gasteiger partial charge in [0.1, 0.15) is 5.82 Å². The van der Waals surface area contributed by atoms with Crippen molar-refractivity contribution in [2.24, 2.45) is 0 Å². The van der Waals surface area contributed by atoms with Crippen molar-refractivity contribution in [3.8, 4) is 11.5 Å². The minimum atomic E-state index is -0.257. The number of thiocarbonyl (C=S) groups is 1. The van der Waals surface area contributed by atoms with Crippen LogP contribution in [0, 0.1) is 5.82 Å². The molecule has 2 rings (SSSR count). The van der Waals surface area contributed by atoms with Crippen LogP contribution in [0.1, 0.15) is 18.5 Å². The molecule has 0 radical (unpaired) electrons. The number of hydrogen-bond donors (Lipinski definition) is 2. The third kappa shape index (κ3) is 4.56. The van der Waals surface area contributed by atoms with Gasteiger partial charge in [-0.2, -0.15) is 0 Å². The predicted octanol–water partition coefficient (Wildman–Crippen LogP) is 3.89. The van der Waals surface area contributed by atoms with Crippen LogP contribution in [0.15, 0.2) is 42.5 Å². The van der Waals surface area contributed by atoms with E-state index >= 15 is 0 Å². The summed E-state index contributed by atoms with van der Waals surface area (Å²) < 4.78 is 23.4. The maximum absolute atomic E-state index is 13.0. The van der Waals surface area contributed by atoms with Crippen LogP contribution in [0.5, 0.6) is 11.5 Å². The number of halogens is 1. The van der Waals surface area contributed by atoms with E-state index in [4.69, 9.17) is 21.7 Å². The lowest BCUT2D eigenvalue weighted by Crippen LogP contribution is -2.30. The average molecular weight is 334 g/mol. The third-order valence-corrected chi connectivity index (χ3v) is 3.58. The minimum absolute atomic E-state index is 0.0456. The number of benzene rings is 2. The lowest BCUT2D eigenvalue weighted by atomic mass is 10.1. The lowest BCUT2D eigenvalue weighted by molar-refractivity contribution is 0.355. The molecule has 1 atom stereocenters. The van der Waals surface area contributed by atoms with Gasteiger partial charge in [-0.1, -0.05) is 12.1 Å². The third-order valence-electron chi connectivity index (χ3n) is 3.36. The van der Waals surface area contributed by atoms with Crippen LogP contribution in [-0.2, 0) is 0 Å². The second-order valence-electron chi connectivity index (χ2n) is 4.94. The number of ether oxygens (including phenoxy) is 2. The van der Waals surface area contributed by atoms with Crippen molar-refractivity contribution >= 4 is 23.0 Å². The molecule has 6 heteroatoms. The van der Waals surface area contributed by atoms with Gasteiger partial charge in [-0.05, 0) is 49.0 Å². The molecule has 0 spiro atoms. The van der Waals surface area contributed by atoms with Gasteiger partial charge in [0.25, 0.3) is 0 Å². The largest absolute Gasteiger partial charge is 0.493 e. The molecule has 122 valence electrons. The van der Waals surface area contributed by atoms with Gasteiger partial charge in [-0.3, -0.25) is 0 Å². The quantitative estimate of drug-likeness (QED) is 0.812. The molecule has 0 aliphatic rings. The lowest BCUT2D eigenvalue weighted by Gasteiger charge is -2.18. The molecule has 0 fully saturated rings. The van der Waals surface area contributed by atoms with Gasteiger partial charge >= 0.3 is 0 Å². The Morgan fingerprint density at radius 1 is 1.04 bits per heavy atom. The SMILES string of the molecule is COc1ccc(NC(=S)N[C@H](C)c2ccc(F)cc2)cc1OC. The van der Waals surface area contributed by atoms with Crippen LogP contribution in [0.2, 0.25) is 0 Å². The maximum atomic E-state index is 13.0. The summed E-state index contributed by atoms with van der Waals surface area (Å²) >= 11 is 5.31. The number of rotatable bonds is 5. The molecule has 0 unspecified atom stereocenters. The van der Waals surface area contributed by atoms with Crippen molar-refractivity contribution in [3.63, 3.8) is 0 Å². The normalized spacial score (nSPS) is 11.5. The fourth-order valence-corrected chi connectivity index (χ4v) is 2.41. The van der Waals surface area contributed by atoms with E-state index in [0.717, 1.165) is 11.3 Å². The Hall–Kier alpha value is -2.34. The highest BCUT2D eigenvalue weighted by atomic mass is 32.1. The Bertz CT molecular complexity index is 677. The summed E-state index contributed by atoms with van der Waals surface area (Å²) in [7, 11) is 3.16. The van der Waals surface area contributed by atoms with E-state index < -0.39 is 0 Å². The Balaban J connectivity index is 2.00. The average Bonchev–Trinajstić information content (AvgIpc) is 2.55. The monoisotopic (exact) mass is 334 g/mol. The summed E-state index contributed by atoms with van der Waals surface area (Å²) in [6, 6.07) is 11.7. The van der Waals surface area contributed by atoms with Crippen LogP contribution >= 0.6 is 12.2 Å². The molecule has 2 aromatic carbocycles. The summed E-state index contributed by atoms with van der Waals surface area (Å²) in [6.07, 6.45) is 0. The summed E-state index contributed by atoms with van der Waals surface area (Å²) in [6.45, 7) is 1.95. The molecule has 0 aliphatic carbocycles. The highest BCUT2D eigenvalue weighted by Gasteiger charge is 2.09. The summed E-state index contributed by atoms with van der Waals surface area (Å²) in [4.78, 5) is 0. The summed E-state index contributed by atoms with van der Waals surface area (Å²) in [5, 5.41) is 6.71. The van der Waals surface area contributed by atoms with Gasteiger partial charge < -0.3 is 20.1 Å². The Morgan fingerprint density at radius 2 is 1.70 bits per heavy atom. The van der Waals surface area contributed by atoms with Gasteiger partial charge in [0.05, 0.1) is 20.3 Å². The zero-order valence-electron chi connectivity index (χ0n) is 13.2. The number of hydrogen-bond acceptors (Lipinski definition) is 3. The molecule has 2 aromatic rings. The Kier molecular flexibility index (Phi) is 5.76. The highest BCUT2D eigenvalue weighted by Crippen LogP contribution is 2.29. The molecule has 0 heterocycles. The van der Waals surface area contributed by atoms with Crippen LogP contribution in [0.25, 0.3) is 0 Å². The van der Waals surface area contributed by atoms with E-state index in [0.29, 0.717) is 16.6 Å². The molecule has 0 aromatic heterocycles. The van der Waals surface area contributed by atoms with Crippen molar-refractivity contribution in [3.05, 3.63) is 53.8 Å². The van der Waals surface area contributed by atoms with E-state index in [-0.39, 0.29) is 11.9 Å². The fourth-order valence-electron chi connectivity index (χ4n) is 2.11. The smallest absolute Gasteiger partial charge is 0.171 e. The van der Waals surface area contributed by atoms with Crippen LogP contribution in [0.4, 0.5) is 10.1 Å². The highest BCUT2D eigenvalue weighted by molar-refractivity contribution is 7.80.